The van der Waals surface area contributed by atoms with Gasteiger partial charge in [0.2, 0.25) is 0 Å². The molecule has 0 saturated heterocycles. The highest BCUT2D eigenvalue weighted by molar-refractivity contribution is 7.16. The van der Waals surface area contributed by atoms with Gasteiger partial charge in [0, 0.05) is 73.1 Å². The van der Waals surface area contributed by atoms with Crippen molar-refractivity contribution in [1.82, 2.24) is 19.5 Å². The Balaban J connectivity index is 1.09. The van der Waals surface area contributed by atoms with Crippen molar-refractivity contribution in [2.75, 3.05) is 0 Å². The van der Waals surface area contributed by atoms with E-state index in [0.29, 0.717) is 0 Å². The van der Waals surface area contributed by atoms with Crippen molar-refractivity contribution in [2.45, 2.75) is 0 Å². The molecule has 0 saturated carbocycles. The Labute approximate surface area is 304 Å². The molecule has 0 aliphatic rings. The minimum Gasteiger partial charge on any atom is -0.309 e. The summed E-state index contributed by atoms with van der Waals surface area (Å²) in [4.78, 5) is 17.5. The van der Waals surface area contributed by atoms with Crippen LogP contribution in [-0.2, 0) is 0 Å². The lowest BCUT2D eigenvalue weighted by Gasteiger charge is -2.09. The Morgan fingerprint density at radius 3 is 1.49 bits per heavy atom. The summed E-state index contributed by atoms with van der Waals surface area (Å²) >= 11 is 3.57. The van der Waals surface area contributed by atoms with Gasteiger partial charge < -0.3 is 4.57 Å². The van der Waals surface area contributed by atoms with E-state index >= 15 is 0 Å². The molecule has 0 unspecified atom stereocenters. The first kappa shape index (κ1) is 30.8. The molecule has 0 aliphatic carbocycles. The number of rotatable bonds is 8. The van der Waals surface area contributed by atoms with Crippen LogP contribution >= 0.6 is 22.7 Å². The highest BCUT2D eigenvalue weighted by atomic mass is 32.1. The van der Waals surface area contributed by atoms with E-state index in [1.54, 1.807) is 22.7 Å². The number of pyridine rings is 3. The van der Waals surface area contributed by atoms with Gasteiger partial charge in [-0.25, -0.2) is 0 Å². The van der Waals surface area contributed by atoms with Crippen LogP contribution in [0.5, 0.6) is 0 Å². The third kappa shape index (κ3) is 6.34. The van der Waals surface area contributed by atoms with E-state index in [0.717, 1.165) is 27.9 Å². The quantitative estimate of drug-likeness (QED) is 0.159. The number of hydrogen-bond donors (Lipinski definition) is 0. The number of thiophene rings is 2. The van der Waals surface area contributed by atoms with Crippen LogP contribution in [0.3, 0.4) is 0 Å². The second kappa shape index (κ2) is 13.6. The van der Waals surface area contributed by atoms with E-state index in [9.17, 15) is 0 Å². The molecule has 6 heteroatoms. The van der Waals surface area contributed by atoms with Gasteiger partial charge in [-0.15, -0.1) is 22.7 Å². The number of aromatic nitrogens is 4. The van der Waals surface area contributed by atoms with Crippen molar-refractivity contribution in [2.24, 2.45) is 0 Å². The maximum Gasteiger partial charge on any atom is 0.0541 e. The molecule has 6 aromatic heterocycles. The van der Waals surface area contributed by atoms with Crippen LogP contribution < -0.4 is 0 Å². The van der Waals surface area contributed by atoms with Gasteiger partial charge in [0.25, 0.3) is 0 Å². The van der Waals surface area contributed by atoms with Crippen LogP contribution in [0, 0.1) is 0 Å². The molecule has 9 rings (SSSR count). The van der Waals surface area contributed by atoms with E-state index in [-0.39, 0.29) is 0 Å². The average Bonchev–Trinajstić information content (AvgIpc) is 3.95. The lowest BCUT2D eigenvalue weighted by Crippen LogP contribution is -1.94. The SMILES string of the molecule is C(=Cc1ccc(-c2ccncc2)s1)c1ccc2c(c1)c1cc(/C=C/c3ccc(-c4ccncc4)s3)ccc1n2-c1ccc(-c2cccnc2)cc1. The first-order valence-corrected chi connectivity index (χ1v) is 18.3. The van der Waals surface area contributed by atoms with Gasteiger partial charge in [-0.3, -0.25) is 15.0 Å². The summed E-state index contributed by atoms with van der Waals surface area (Å²) in [5.41, 5.74) is 10.4. The van der Waals surface area contributed by atoms with Crippen LogP contribution in [0.25, 0.3) is 83.8 Å². The van der Waals surface area contributed by atoms with E-state index in [2.05, 4.69) is 159 Å². The standard InChI is InChI=1S/C45H30N4S2/c1-2-36(30-48-23-1)33-7-9-37(10-8-33)49-42-15-5-31(3-11-38-13-17-44(50-38)34-19-24-46-25-20-34)28-40(42)41-29-32(6-16-43(41)49)4-12-39-14-18-45(51-39)35-21-26-47-27-22-35/h1-30H/b11-3+,12-4?. The van der Waals surface area contributed by atoms with Crippen LogP contribution in [0.1, 0.15) is 20.9 Å². The monoisotopic (exact) mass is 690 g/mol. The average molecular weight is 691 g/mol. The smallest absolute Gasteiger partial charge is 0.0541 e. The minimum absolute atomic E-state index is 1.11. The van der Waals surface area contributed by atoms with Gasteiger partial charge in [0.05, 0.1) is 11.0 Å². The predicted molar refractivity (Wildman–Crippen MR) is 217 cm³/mol. The van der Waals surface area contributed by atoms with Gasteiger partial charge in [0.1, 0.15) is 0 Å². The Kier molecular flexibility index (Phi) is 8.22. The first-order valence-electron chi connectivity index (χ1n) is 16.7. The van der Waals surface area contributed by atoms with Crippen molar-refractivity contribution >= 4 is 68.8 Å². The summed E-state index contributed by atoms with van der Waals surface area (Å²) in [6, 6.07) is 43.4. The highest BCUT2D eigenvalue weighted by Crippen LogP contribution is 2.36. The molecular weight excluding hydrogens is 661 g/mol. The van der Waals surface area contributed by atoms with E-state index in [1.807, 2.05) is 43.2 Å². The molecule has 0 atom stereocenters. The van der Waals surface area contributed by atoms with Crippen LogP contribution in [0.2, 0.25) is 0 Å². The van der Waals surface area contributed by atoms with Gasteiger partial charge in [-0.05, 0) is 137 Å². The maximum absolute atomic E-state index is 4.31. The molecule has 3 aromatic carbocycles. The van der Waals surface area contributed by atoms with Crippen LogP contribution in [0.4, 0.5) is 0 Å². The van der Waals surface area contributed by atoms with E-state index in [4.69, 9.17) is 0 Å². The Morgan fingerprint density at radius 1 is 0.431 bits per heavy atom. The number of nitrogens with zero attached hydrogens (tertiary/aromatic N) is 4. The summed E-state index contributed by atoms with van der Waals surface area (Å²) in [7, 11) is 0. The first-order chi connectivity index (χ1) is 25.2. The third-order valence-corrected chi connectivity index (χ3v) is 11.2. The molecule has 9 aromatic rings. The largest absolute Gasteiger partial charge is 0.309 e. The van der Waals surface area contributed by atoms with Crippen molar-refractivity contribution in [1.29, 1.82) is 0 Å². The van der Waals surface area contributed by atoms with Crippen LogP contribution in [0.15, 0.2) is 159 Å². The number of hydrogen-bond acceptors (Lipinski definition) is 5. The van der Waals surface area contributed by atoms with E-state index in [1.165, 1.54) is 52.4 Å². The minimum atomic E-state index is 1.11. The molecule has 4 nitrogen and oxygen atoms in total. The summed E-state index contributed by atoms with van der Waals surface area (Å²) in [6.45, 7) is 0. The lowest BCUT2D eigenvalue weighted by atomic mass is 10.1. The second-order valence-electron chi connectivity index (χ2n) is 12.2. The van der Waals surface area contributed by atoms with Gasteiger partial charge in [0.15, 0.2) is 0 Å². The summed E-state index contributed by atoms with van der Waals surface area (Å²) < 4.78 is 2.37. The fourth-order valence-electron chi connectivity index (χ4n) is 6.46. The van der Waals surface area contributed by atoms with Crippen molar-refractivity contribution in [3.8, 4) is 37.7 Å². The Morgan fingerprint density at radius 2 is 0.980 bits per heavy atom. The van der Waals surface area contributed by atoms with Gasteiger partial charge >= 0.3 is 0 Å². The van der Waals surface area contributed by atoms with Crippen LogP contribution in [-0.4, -0.2) is 19.5 Å². The molecule has 242 valence electrons. The van der Waals surface area contributed by atoms with Crippen molar-refractivity contribution < 1.29 is 0 Å². The molecule has 0 fully saturated rings. The summed E-state index contributed by atoms with van der Waals surface area (Å²) in [6.07, 6.45) is 19.9. The third-order valence-electron chi connectivity index (χ3n) is 9.00. The van der Waals surface area contributed by atoms with E-state index < -0.39 is 0 Å². The Hall–Kier alpha value is -6.21. The maximum atomic E-state index is 4.31. The second-order valence-corrected chi connectivity index (χ2v) is 14.5. The molecule has 0 bridgehead atoms. The molecule has 0 N–H and O–H groups in total. The molecular formula is C45H30N4S2. The number of fused-ring (bicyclic) bond motifs is 3. The predicted octanol–water partition coefficient (Wildman–Crippen LogP) is 12.4. The fourth-order valence-corrected chi connectivity index (χ4v) is 8.30. The zero-order valence-electron chi connectivity index (χ0n) is 27.4. The zero-order chi connectivity index (χ0) is 34.0. The topological polar surface area (TPSA) is 43.6 Å². The summed E-state index contributed by atoms with van der Waals surface area (Å²) in [5, 5.41) is 2.44. The summed E-state index contributed by atoms with van der Waals surface area (Å²) in [5.74, 6) is 0. The van der Waals surface area contributed by atoms with Gasteiger partial charge in [-0.1, -0.05) is 42.5 Å². The van der Waals surface area contributed by atoms with Crippen molar-refractivity contribution in [3.63, 3.8) is 0 Å². The molecule has 0 spiro atoms. The zero-order valence-corrected chi connectivity index (χ0v) is 29.1. The molecule has 0 amide bonds. The van der Waals surface area contributed by atoms with Crippen molar-refractivity contribution in [3.05, 3.63) is 179 Å². The molecule has 0 aliphatic heterocycles. The lowest BCUT2D eigenvalue weighted by molar-refractivity contribution is 1.18. The molecule has 6 heterocycles. The fraction of sp³-hybridized carbons (Fsp3) is 0. The highest BCUT2D eigenvalue weighted by Gasteiger charge is 2.14. The normalized spacial score (nSPS) is 11.8. The molecule has 0 radical (unpaired) electrons. The molecule has 51 heavy (non-hydrogen) atoms. The Bertz CT molecular complexity index is 2520. The number of benzene rings is 3. The van der Waals surface area contributed by atoms with Gasteiger partial charge in [-0.2, -0.15) is 0 Å².